The molecule has 0 atom stereocenters. The number of hydrogen-bond donors (Lipinski definition) is 2. The van der Waals surface area contributed by atoms with E-state index in [9.17, 15) is 10.1 Å². The minimum Gasteiger partial charge on any atom is -0.324 e. The smallest absolute Gasteiger partial charge is 0.269 e. The molecule has 0 amide bonds. The number of hydrogen-bond acceptors (Lipinski definition) is 5. The van der Waals surface area contributed by atoms with Gasteiger partial charge in [0, 0.05) is 31.8 Å². The highest BCUT2D eigenvalue weighted by molar-refractivity contribution is 5.55. The molecule has 0 spiro atoms. The van der Waals surface area contributed by atoms with Crippen LogP contribution in [0, 0.1) is 22.0 Å². The molecule has 6 heteroatoms. The van der Waals surface area contributed by atoms with E-state index in [0.717, 1.165) is 24.3 Å². The van der Waals surface area contributed by atoms with Gasteiger partial charge in [0.15, 0.2) is 0 Å². The lowest BCUT2D eigenvalue weighted by molar-refractivity contribution is -0.384. The Kier molecular flexibility index (Phi) is 6.58. The zero-order valence-electron chi connectivity index (χ0n) is 13.3. The fourth-order valence-corrected chi connectivity index (χ4v) is 2.44. The van der Waals surface area contributed by atoms with Crippen LogP contribution in [-0.2, 0) is 6.54 Å². The van der Waals surface area contributed by atoms with Crippen LogP contribution in [0.4, 0.5) is 11.4 Å². The molecule has 3 N–H and O–H groups in total. The third kappa shape index (κ3) is 5.69. The molecule has 0 heterocycles. The molecule has 1 aromatic carbocycles. The lowest BCUT2D eigenvalue weighted by Gasteiger charge is -2.27. The van der Waals surface area contributed by atoms with Crippen LogP contribution in [-0.4, -0.2) is 22.9 Å². The fourth-order valence-electron chi connectivity index (χ4n) is 2.44. The van der Waals surface area contributed by atoms with Gasteiger partial charge >= 0.3 is 0 Å². The van der Waals surface area contributed by atoms with E-state index in [4.69, 9.17) is 5.84 Å². The molecular formula is C15H26N4O2. The number of hydrazine groups is 1. The Labute approximate surface area is 126 Å². The molecule has 118 valence electrons. The van der Waals surface area contributed by atoms with E-state index in [2.05, 4.69) is 38.0 Å². The summed E-state index contributed by atoms with van der Waals surface area (Å²) >= 11 is 0. The number of nitrogens with zero attached hydrogens (tertiary/aromatic N) is 2. The summed E-state index contributed by atoms with van der Waals surface area (Å²) in [5.41, 5.74) is 4.31. The first-order chi connectivity index (χ1) is 9.83. The van der Waals surface area contributed by atoms with E-state index >= 15 is 0 Å². The lowest BCUT2D eigenvalue weighted by atomic mass is 10.1. The van der Waals surface area contributed by atoms with Crippen molar-refractivity contribution in [1.29, 1.82) is 0 Å². The standard InChI is InChI=1S/C15H26N4O2/c1-11(2)8-18(9-12(3)4)10-13-7-14(19(20)21)5-6-15(13)17-16/h5-7,11-12,17H,8-10,16H2,1-4H3. The summed E-state index contributed by atoms with van der Waals surface area (Å²) in [6.07, 6.45) is 0. The van der Waals surface area contributed by atoms with Crippen LogP contribution in [0.5, 0.6) is 0 Å². The monoisotopic (exact) mass is 294 g/mol. The van der Waals surface area contributed by atoms with Gasteiger partial charge in [0.1, 0.15) is 0 Å². The Morgan fingerprint density at radius 2 is 1.81 bits per heavy atom. The zero-order valence-corrected chi connectivity index (χ0v) is 13.3. The van der Waals surface area contributed by atoms with Gasteiger partial charge in [0.25, 0.3) is 5.69 Å². The maximum Gasteiger partial charge on any atom is 0.269 e. The molecule has 0 aliphatic heterocycles. The number of nitrogen functional groups attached to an aromatic ring is 1. The molecule has 0 unspecified atom stereocenters. The summed E-state index contributed by atoms with van der Waals surface area (Å²) in [7, 11) is 0. The van der Waals surface area contributed by atoms with Crippen molar-refractivity contribution < 1.29 is 4.92 Å². The second-order valence-electron chi connectivity index (χ2n) is 6.22. The second kappa shape index (κ2) is 7.95. The van der Waals surface area contributed by atoms with Crippen molar-refractivity contribution in [2.45, 2.75) is 34.2 Å². The van der Waals surface area contributed by atoms with E-state index in [1.165, 1.54) is 6.07 Å². The molecule has 0 aliphatic carbocycles. The molecule has 0 saturated carbocycles. The molecule has 6 nitrogen and oxygen atoms in total. The number of non-ortho nitro benzene ring substituents is 1. The summed E-state index contributed by atoms with van der Waals surface area (Å²) < 4.78 is 0. The molecule has 0 aliphatic rings. The molecule has 0 radical (unpaired) electrons. The van der Waals surface area contributed by atoms with Crippen LogP contribution in [0.1, 0.15) is 33.3 Å². The first-order valence-corrected chi connectivity index (χ1v) is 7.29. The second-order valence-corrected chi connectivity index (χ2v) is 6.22. The molecule has 0 bridgehead atoms. The van der Waals surface area contributed by atoms with E-state index in [0.29, 0.717) is 18.4 Å². The van der Waals surface area contributed by atoms with E-state index < -0.39 is 0 Å². The van der Waals surface area contributed by atoms with Crippen LogP contribution in [0.2, 0.25) is 0 Å². The van der Waals surface area contributed by atoms with E-state index in [-0.39, 0.29) is 10.6 Å². The van der Waals surface area contributed by atoms with Gasteiger partial charge in [-0.1, -0.05) is 27.7 Å². The summed E-state index contributed by atoms with van der Waals surface area (Å²) in [6, 6.07) is 4.73. The summed E-state index contributed by atoms with van der Waals surface area (Å²) in [6.45, 7) is 11.2. The zero-order chi connectivity index (χ0) is 16.0. The number of nitrogens with two attached hydrogens (primary N) is 1. The van der Waals surface area contributed by atoms with Crippen LogP contribution in [0.3, 0.4) is 0 Å². The highest BCUT2D eigenvalue weighted by Crippen LogP contribution is 2.23. The van der Waals surface area contributed by atoms with Gasteiger partial charge in [-0.3, -0.25) is 20.9 Å². The van der Waals surface area contributed by atoms with Crippen LogP contribution in [0.25, 0.3) is 0 Å². The van der Waals surface area contributed by atoms with Crippen molar-refractivity contribution >= 4 is 11.4 Å². The van der Waals surface area contributed by atoms with Crippen molar-refractivity contribution in [3.8, 4) is 0 Å². The number of nitrogens with one attached hydrogen (secondary N) is 1. The third-order valence-corrected chi connectivity index (χ3v) is 3.10. The van der Waals surface area contributed by atoms with Crippen molar-refractivity contribution in [2.24, 2.45) is 17.7 Å². The average Bonchev–Trinajstić information content (AvgIpc) is 2.36. The Hall–Kier alpha value is -1.66. The van der Waals surface area contributed by atoms with Gasteiger partial charge < -0.3 is 5.43 Å². The molecule has 0 saturated heterocycles. The largest absolute Gasteiger partial charge is 0.324 e. The Bertz CT molecular complexity index is 465. The fraction of sp³-hybridized carbons (Fsp3) is 0.600. The van der Waals surface area contributed by atoms with E-state index in [1.807, 2.05) is 0 Å². The minimum absolute atomic E-state index is 0.0954. The Morgan fingerprint density at radius 3 is 2.24 bits per heavy atom. The molecule has 1 aromatic rings. The van der Waals surface area contributed by atoms with E-state index in [1.54, 1.807) is 12.1 Å². The number of benzene rings is 1. The normalized spacial score (nSPS) is 11.4. The molecule has 21 heavy (non-hydrogen) atoms. The molecule has 0 aromatic heterocycles. The van der Waals surface area contributed by atoms with Crippen molar-refractivity contribution in [2.75, 3.05) is 18.5 Å². The number of anilines is 1. The topological polar surface area (TPSA) is 84.4 Å². The van der Waals surface area contributed by atoms with Crippen LogP contribution >= 0.6 is 0 Å². The molecular weight excluding hydrogens is 268 g/mol. The van der Waals surface area contributed by atoms with Crippen molar-refractivity contribution in [1.82, 2.24) is 4.90 Å². The van der Waals surface area contributed by atoms with Gasteiger partial charge in [-0.05, 0) is 23.5 Å². The quantitative estimate of drug-likeness (QED) is 0.437. The lowest BCUT2D eigenvalue weighted by Crippen LogP contribution is -2.31. The first-order valence-electron chi connectivity index (χ1n) is 7.29. The highest BCUT2D eigenvalue weighted by atomic mass is 16.6. The average molecular weight is 294 g/mol. The summed E-state index contributed by atoms with van der Waals surface area (Å²) in [5, 5.41) is 10.9. The summed E-state index contributed by atoms with van der Waals surface area (Å²) in [4.78, 5) is 12.9. The predicted molar refractivity (Wildman–Crippen MR) is 85.9 cm³/mol. The van der Waals surface area contributed by atoms with Gasteiger partial charge in [0.05, 0.1) is 10.6 Å². The molecule has 1 rings (SSSR count). The Morgan fingerprint density at radius 1 is 1.24 bits per heavy atom. The summed E-state index contributed by atoms with van der Waals surface area (Å²) in [5.74, 6) is 6.59. The van der Waals surface area contributed by atoms with Gasteiger partial charge in [0.2, 0.25) is 0 Å². The predicted octanol–water partition coefficient (Wildman–Crippen LogP) is 2.99. The molecule has 0 fully saturated rings. The number of nitro benzene ring substituents is 1. The van der Waals surface area contributed by atoms with Gasteiger partial charge in [-0.2, -0.15) is 0 Å². The number of nitro groups is 1. The van der Waals surface area contributed by atoms with Crippen molar-refractivity contribution in [3.63, 3.8) is 0 Å². The third-order valence-electron chi connectivity index (χ3n) is 3.10. The van der Waals surface area contributed by atoms with Crippen molar-refractivity contribution in [3.05, 3.63) is 33.9 Å². The maximum absolute atomic E-state index is 10.9. The van der Waals surface area contributed by atoms with Gasteiger partial charge in [-0.15, -0.1) is 0 Å². The first kappa shape index (κ1) is 17.4. The van der Waals surface area contributed by atoms with Crippen LogP contribution < -0.4 is 11.3 Å². The Balaban J connectivity index is 2.99. The van der Waals surface area contributed by atoms with Crippen LogP contribution in [0.15, 0.2) is 18.2 Å². The SMILES string of the molecule is CC(C)CN(Cc1cc([N+](=O)[O-])ccc1NN)CC(C)C. The number of rotatable bonds is 8. The minimum atomic E-state index is -0.376. The van der Waals surface area contributed by atoms with Gasteiger partial charge in [-0.25, -0.2) is 0 Å². The maximum atomic E-state index is 10.9. The highest BCUT2D eigenvalue weighted by Gasteiger charge is 2.15.